The second-order valence-corrected chi connectivity index (χ2v) is 9.05. The van der Waals surface area contributed by atoms with Crippen LogP contribution in [0.5, 0.6) is 0 Å². The van der Waals surface area contributed by atoms with E-state index >= 15 is 0 Å². The highest BCUT2D eigenvalue weighted by Gasteiger charge is 2.40. The first kappa shape index (κ1) is 19.7. The molecule has 0 spiro atoms. The van der Waals surface area contributed by atoms with Crippen LogP contribution in [0.4, 0.5) is 14.9 Å². The third kappa shape index (κ3) is 4.35. The molecule has 1 heterocycles. The normalized spacial score (nSPS) is 27.9. The summed E-state index contributed by atoms with van der Waals surface area (Å²) in [7, 11) is 0. The van der Waals surface area contributed by atoms with Crippen molar-refractivity contribution in [2.45, 2.75) is 57.9 Å². The molecule has 28 heavy (non-hydrogen) atoms. The first-order valence-electron chi connectivity index (χ1n) is 11.2. The highest BCUT2D eigenvalue weighted by molar-refractivity contribution is 5.92. The van der Waals surface area contributed by atoms with E-state index in [0.29, 0.717) is 6.54 Å². The van der Waals surface area contributed by atoms with Gasteiger partial charge >= 0.3 is 6.03 Å². The van der Waals surface area contributed by atoms with Gasteiger partial charge in [0.15, 0.2) is 0 Å². The van der Waals surface area contributed by atoms with E-state index in [2.05, 4.69) is 17.1 Å². The number of nitrogens with zero attached hydrogens (tertiary/aromatic N) is 2. The summed E-state index contributed by atoms with van der Waals surface area (Å²) in [6, 6.07) is 6.46. The second-order valence-electron chi connectivity index (χ2n) is 9.05. The molecular formula is C23H36FN3O. The molecule has 1 N–H and O–H groups in total. The summed E-state index contributed by atoms with van der Waals surface area (Å²) in [4.78, 5) is 17.3. The Morgan fingerprint density at radius 2 is 1.93 bits per heavy atom. The number of amides is 2. The van der Waals surface area contributed by atoms with E-state index in [1.807, 2.05) is 4.90 Å². The SMILES string of the molecule is CCCNC(=O)N(c1ccc(F)cc1)C1CCN(CC2CC3CCC2C3)CC1.[HH]. The lowest BCUT2D eigenvalue weighted by atomic mass is 9.88. The van der Waals surface area contributed by atoms with Gasteiger partial charge in [-0.25, -0.2) is 9.18 Å². The zero-order valence-electron chi connectivity index (χ0n) is 17.1. The van der Waals surface area contributed by atoms with Gasteiger partial charge in [0, 0.05) is 39.3 Å². The highest BCUT2D eigenvalue weighted by Crippen LogP contribution is 2.48. The topological polar surface area (TPSA) is 35.6 Å². The molecule has 4 rings (SSSR count). The van der Waals surface area contributed by atoms with Crippen molar-refractivity contribution in [2.24, 2.45) is 17.8 Å². The molecule has 0 aromatic heterocycles. The maximum absolute atomic E-state index is 13.4. The van der Waals surface area contributed by atoms with E-state index in [1.54, 1.807) is 12.1 Å². The molecule has 1 saturated heterocycles. The van der Waals surface area contributed by atoms with Gasteiger partial charge in [-0.2, -0.15) is 0 Å². The number of nitrogens with one attached hydrogen (secondary N) is 1. The summed E-state index contributed by atoms with van der Waals surface area (Å²) in [5.41, 5.74) is 0.793. The summed E-state index contributed by atoms with van der Waals surface area (Å²) < 4.78 is 13.4. The molecule has 3 aliphatic rings. The minimum absolute atomic E-state index is 0. The zero-order valence-corrected chi connectivity index (χ0v) is 17.1. The Bertz CT molecular complexity index is 663. The van der Waals surface area contributed by atoms with Crippen LogP contribution in [0.1, 0.15) is 53.3 Å². The van der Waals surface area contributed by atoms with Gasteiger partial charge in [0.05, 0.1) is 0 Å². The lowest BCUT2D eigenvalue weighted by Gasteiger charge is -2.40. The van der Waals surface area contributed by atoms with Crippen LogP contribution < -0.4 is 10.2 Å². The molecule has 156 valence electrons. The van der Waals surface area contributed by atoms with Crippen LogP contribution in [0.25, 0.3) is 0 Å². The van der Waals surface area contributed by atoms with Crippen molar-refractivity contribution in [3.8, 4) is 0 Å². The summed E-state index contributed by atoms with van der Waals surface area (Å²) in [6.07, 6.45) is 8.69. The number of carbonyl (C=O) groups is 1. The average molecular weight is 390 g/mol. The first-order valence-corrected chi connectivity index (χ1v) is 11.2. The second kappa shape index (κ2) is 8.81. The first-order chi connectivity index (χ1) is 13.6. The van der Waals surface area contributed by atoms with Crippen LogP contribution in [0.2, 0.25) is 0 Å². The van der Waals surface area contributed by atoms with Crippen LogP contribution in [0, 0.1) is 23.6 Å². The summed E-state index contributed by atoms with van der Waals surface area (Å²) in [5, 5.41) is 3.01. The largest absolute Gasteiger partial charge is 0.338 e. The molecule has 3 unspecified atom stereocenters. The van der Waals surface area contributed by atoms with E-state index < -0.39 is 0 Å². The third-order valence-corrected chi connectivity index (χ3v) is 7.15. The van der Waals surface area contributed by atoms with Crippen LogP contribution in [0.15, 0.2) is 24.3 Å². The molecule has 2 bridgehead atoms. The molecule has 2 amide bonds. The number of likely N-dealkylation sites (tertiary alicyclic amines) is 1. The number of halogens is 1. The van der Waals surface area contributed by atoms with E-state index in [0.717, 1.165) is 55.8 Å². The predicted octanol–water partition coefficient (Wildman–Crippen LogP) is 4.90. The number of fused-ring (bicyclic) bond motifs is 2. The molecule has 3 atom stereocenters. The molecule has 3 fully saturated rings. The number of benzene rings is 1. The quantitative estimate of drug-likeness (QED) is 0.751. The molecule has 5 heteroatoms. The van der Waals surface area contributed by atoms with Crippen molar-refractivity contribution in [1.29, 1.82) is 0 Å². The van der Waals surface area contributed by atoms with Gasteiger partial charge in [0.25, 0.3) is 0 Å². The third-order valence-electron chi connectivity index (χ3n) is 7.15. The molecule has 1 aromatic carbocycles. The van der Waals surface area contributed by atoms with E-state index in [9.17, 15) is 9.18 Å². The predicted molar refractivity (Wildman–Crippen MR) is 113 cm³/mol. The molecule has 2 saturated carbocycles. The van der Waals surface area contributed by atoms with Crippen molar-refractivity contribution >= 4 is 11.7 Å². The molecule has 0 radical (unpaired) electrons. The summed E-state index contributed by atoms with van der Waals surface area (Å²) in [6.45, 7) is 6.07. The van der Waals surface area contributed by atoms with Crippen molar-refractivity contribution in [2.75, 3.05) is 31.1 Å². The van der Waals surface area contributed by atoms with Gasteiger partial charge in [-0.3, -0.25) is 4.90 Å². The lowest BCUT2D eigenvalue weighted by molar-refractivity contribution is 0.154. The van der Waals surface area contributed by atoms with E-state index in [1.165, 1.54) is 44.4 Å². The van der Waals surface area contributed by atoms with Gasteiger partial charge in [0.2, 0.25) is 0 Å². The Morgan fingerprint density at radius 3 is 2.54 bits per heavy atom. The summed E-state index contributed by atoms with van der Waals surface area (Å²) in [5.74, 6) is 2.61. The maximum Gasteiger partial charge on any atom is 0.322 e. The fraction of sp³-hybridized carbons (Fsp3) is 0.696. The Morgan fingerprint density at radius 1 is 1.18 bits per heavy atom. The fourth-order valence-electron chi connectivity index (χ4n) is 5.70. The number of anilines is 1. The Hall–Kier alpha value is -1.62. The monoisotopic (exact) mass is 389 g/mol. The number of urea groups is 1. The van der Waals surface area contributed by atoms with Gasteiger partial charge < -0.3 is 10.2 Å². The van der Waals surface area contributed by atoms with Gasteiger partial charge in [-0.15, -0.1) is 0 Å². The molecule has 1 aliphatic heterocycles. The van der Waals surface area contributed by atoms with E-state index in [4.69, 9.17) is 0 Å². The van der Waals surface area contributed by atoms with Crippen molar-refractivity contribution < 1.29 is 10.6 Å². The number of piperidine rings is 1. The van der Waals surface area contributed by atoms with Crippen LogP contribution in [-0.4, -0.2) is 43.2 Å². The van der Waals surface area contributed by atoms with Crippen LogP contribution in [-0.2, 0) is 0 Å². The molecule has 1 aromatic rings. The number of rotatable bonds is 6. The number of hydrogen-bond acceptors (Lipinski definition) is 2. The van der Waals surface area contributed by atoms with E-state index in [-0.39, 0.29) is 19.3 Å². The summed E-state index contributed by atoms with van der Waals surface area (Å²) >= 11 is 0. The number of hydrogen-bond donors (Lipinski definition) is 1. The smallest absolute Gasteiger partial charge is 0.322 e. The van der Waals surface area contributed by atoms with Crippen molar-refractivity contribution in [3.63, 3.8) is 0 Å². The highest BCUT2D eigenvalue weighted by atomic mass is 19.1. The Labute approximate surface area is 169 Å². The van der Waals surface area contributed by atoms with Gasteiger partial charge in [0.1, 0.15) is 5.82 Å². The van der Waals surface area contributed by atoms with Crippen molar-refractivity contribution in [1.82, 2.24) is 10.2 Å². The Balaban J connectivity index is 0.00000240. The van der Waals surface area contributed by atoms with Gasteiger partial charge in [-0.1, -0.05) is 13.3 Å². The maximum atomic E-state index is 13.4. The minimum Gasteiger partial charge on any atom is -0.338 e. The minimum atomic E-state index is -0.265. The van der Waals surface area contributed by atoms with Crippen LogP contribution >= 0.6 is 0 Å². The molecule has 4 nitrogen and oxygen atoms in total. The molecule has 2 aliphatic carbocycles. The van der Waals surface area contributed by atoms with Crippen LogP contribution in [0.3, 0.4) is 0 Å². The fourth-order valence-corrected chi connectivity index (χ4v) is 5.70. The standard InChI is InChI=1S/C23H34FN3O.H2/c1-2-11-25-23(28)27(21-7-5-20(24)6-8-21)22-9-12-26(13-10-22)16-19-15-17-3-4-18(19)14-17;/h5-8,17-19,22H,2-4,9-16H2,1H3,(H,25,28);1H. The van der Waals surface area contributed by atoms with Gasteiger partial charge in [-0.05, 0) is 80.5 Å². The lowest BCUT2D eigenvalue weighted by Crippen LogP contribution is -2.51. The average Bonchev–Trinajstić information content (AvgIpc) is 3.32. The van der Waals surface area contributed by atoms with Crippen molar-refractivity contribution in [3.05, 3.63) is 30.1 Å². The Kier molecular flexibility index (Phi) is 6.19. The number of carbonyl (C=O) groups excluding carboxylic acids is 1. The zero-order chi connectivity index (χ0) is 19.5. The molecular weight excluding hydrogens is 353 g/mol.